The van der Waals surface area contributed by atoms with E-state index in [0.29, 0.717) is 11.3 Å². The second-order valence-corrected chi connectivity index (χ2v) is 7.56. The van der Waals surface area contributed by atoms with Crippen LogP contribution in [0.4, 0.5) is 0 Å². The standard InChI is InChI=1S/C21H20O8/c1-21(2,26)16-7-11-18(24)10(6-15(27-3)20(11)29-16)12-8-28-14-5-9(22)4-13(23)17(14)19(12)25/h4-6,8,16,22-24,26H,7H2,1-3H3/t16-/m0/s1. The van der Waals surface area contributed by atoms with Crippen LogP contribution in [0.15, 0.2) is 33.7 Å². The first kappa shape index (κ1) is 18.9. The zero-order chi connectivity index (χ0) is 21.1. The predicted octanol–water partition coefficient (Wildman–Crippen LogP) is 2.66. The molecule has 1 aliphatic heterocycles. The third-order valence-corrected chi connectivity index (χ3v) is 5.10. The number of phenolic OH excluding ortho intramolecular Hbond substituents is 3. The molecule has 0 radical (unpaired) electrons. The van der Waals surface area contributed by atoms with Gasteiger partial charge in [-0.2, -0.15) is 0 Å². The van der Waals surface area contributed by atoms with E-state index in [2.05, 4.69) is 0 Å². The van der Waals surface area contributed by atoms with Crippen molar-refractivity contribution >= 4 is 11.0 Å². The zero-order valence-corrected chi connectivity index (χ0v) is 16.0. The van der Waals surface area contributed by atoms with Gasteiger partial charge in [0.1, 0.15) is 40.6 Å². The van der Waals surface area contributed by atoms with Crippen molar-refractivity contribution in [1.82, 2.24) is 0 Å². The highest BCUT2D eigenvalue weighted by molar-refractivity contribution is 5.89. The fourth-order valence-corrected chi connectivity index (χ4v) is 3.53. The van der Waals surface area contributed by atoms with Gasteiger partial charge in [-0.3, -0.25) is 4.79 Å². The molecule has 0 unspecified atom stereocenters. The maximum Gasteiger partial charge on any atom is 0.204 e. The minimum atomic E-state index is -1.16. The van der Waals surface area contributed by atoms with E-state index in [-0.39, 0.29) is 45.8 Å². The van der Waals surface area contributed by atoms with Crippen LogP contribution in [0.1, 0.15) is 19.4 Å². The van der Waals surface area contributed by atoms with Gasteiger partial charge in [0, 0.05) is 29.7 Å². The number of ether oxygens (including phenoxy) is 2. The smallest absolute Gasteiger partial charge is 0.204 e. The first-order valence-electron chi connectivity index (χ1n) is 8.91. The lowest BCUT2D eigenvalue weighted by Crippen LogP contribution is -2.39. The molecule has 0 aliphatic carbocycles. The van der Waals surface area contributed by atoms with E-state index in [4.69, 9.17) is 13.9 Å². The molecule has 0 saturated heterocycles. The number of benzene rings is 2. The molecule has 152 valence electrons. The normalized spacial score (nSPS) is 15.9. The number of aromatic hydroxyl groups is 3. The van der Waals surface area contributed by atoms with E-state index in [0.717, 1.165) is 12.3 Å². The van der Waals surface area contributed by atoms with Gasteiger partial charge < -0.3 is 34.3 Å². The van der Waals surface area contributed by atoms with Crippen LogP contribution in [-0.2, 0) is 6.42 Å². The molecule has 4 N–H and O–H groups in total. The van der Waals surface area contributed by atoms with Crippen molar-refractivity contribution in [2.24, 2.45) is 0 Å². The molecule has 8 nitrogen and oxygen atoms in total. The minimum Gasteiger partial charge on any atom is -0.508 e. The van der Waals surface area contributed by atoms with Gasteiger partial charge in [-0.05, 0) is 19.9 Å². The fourth-order valence-electron chi connectivity index (χ4n) is 3.53. The highest BCUT2D eigenvalue weighted by Crippen LogP contribution is 2.49. The van der Waals surface area contributed by atoms with Crippen molar-refractivity contribution in [3.05, 3.63) is 40.2 Å². The zero-order valence-electron chi connectivity index (χ0n) is 16.0. The average Bonchev–Trinajstić information content (AvgIpc) is 3.09. The van der Waals surface area contributed by atoms with Crippen molar-refractivity contribution in [1.29, 1.82) is 0 Å². The molecule has 2 heterocycles. The first-order chi connectivity index (χ1) is 13.6. The van der Waals surface area contributed by atoms with Gasteiger partial charge in [0.05, 0.1) is 18.3 Å². The Morgan fingerprint density at radius 1 is 1.14 bits per heavy atom. The summed E-state index contributed by atoms with van der Waals surface area (Å²) in [7, 11) is 1.43. The molecule has 29 heavy (non-hydrogen) atoms. The molecule has 4 rings (SSSR count). The van der Waals surface area contributed by atoms with Crippen LogP contribution < -0.4 is 14.9 Å². The summed E-state index contributed by atoms with van der Waals surface area (Å²) < 4.78 is 16.6. The lowest BCUT2D eigenvalue weighted by atomic mass is 9.94. The van der Waals surface area contributed by atoms with E-state index in [1.807, 2.05) is 0 Å². The summed E-state index contributed by atoms with van der Waals surface area (Å²) in [5.41, 5.74) is -1.19. The topological polar surface area (TPSA) is 130 Å². The number of methoxy groups -OCH3 is 1. The third kappa shape index (κ3) is 2.92. The number of phenols is 3. The van der Waals surface area contributed by atoms with Gasteiger partial charge in [-0.25, -0.2) is 0 Å². The van der Waals surface area contributed by atoms with Crippen LogP contribution in [0.2, 0.25) is 0 Å². The lowest BCUT2D eigenvalue weighted by molar-refractivity contribution is -0.0236. The molecule has 2 aromatic carbocycles. The molecule has 0 bridgehead atoms. The predicted molar refractivity (Wildman–Crippen MR) is 104 cm³/mol. The minimum absolute atomic E-state index is 0.00352. The second-order valence-electron chi connectivity index (χ2n) is 7.56. The summed E-state index contributed by atoms with van der Waals surface area (Å²) in [6.45, 7) is 3.20. The third-order valence-electron chi connectivity index (χ3n) is 5.10. The second kappa shape index (κ2) is 6.31. The molecule has 1 aliphatic rings. The Hall–Kier alpha value is -3.39. The average molecular weight is 400 g/mol. The lowest BCUT2D eigenvalue weighted by Gasteiger charge is -2.24. The van der Waals surface area contributed by atoms with E-state index in [1.54, 1.807) is 13.8 Å². The number of hydrogen-bond acceptors (Lipinski definition) is 8. The molecule has 0 amide bonds. The maximum atomic E-state index is 13.0. The van der Waals surface area contributed by atoms with Gasteiger partial charge in [0.25, 0.3) is 0 Å². The van der Waals surface area contributed by atoms with Gasteiger partial charge in [0.2, 0.25) is 5.43 Å². The number of fused-ring (bicyclic) bond motifs is 2. The first-order valence-corrected chi connectivity index (χ1v) is 8.91. The number of hydrogen-bond donors (Lipinski definition) is 4. The Bertz CT molecular complexity index is 1190. The van der Waals surface area contributed by atoms with E-state index < -0.39 is 22.9 Å². The van der Waals surface area contributed by atoms with Crippen molar-refractivity contribution in [3.63, 3.8) is 0 Å². The van der Waals surface area contributed by atoms with Crippen LogP contribution in [0.3, 0.4) is 0 Å². The Morgan fingerprint density at radius 3 is 2.52 bits per heavy atom. The summed E-state index contributed by atoms with van der Waals surface area (Å²) in [6.07, 6.45) is 0.758. The Morgan fingerprint density at radius 2 is 1.86 bits per heavy atom. The summed E-state index contributed by atoms with van der Waals surface area (Å²) in [6, 6.07) is 3.69. The van der Waals surface area contributed by atoms with Crippen LogP contribution in [0.5, 0.6) is 28.7 Å². The van der Waals surface area contributed by atoms with Gasteiger partial charge >= 0.3 is 0 Å². The van der Waals surface area contributed by atoms with Crippen molar-refractivity contribution < 1.29 is 34.3 Å². The Kier molecular flexibility index (Phi) is 4.13. The Labute approximate surface area is 165 Å². The van der Waals surface area contributed by atoms with Crippen molar-refractivity contribution in [3.8, 4) is 39.9 Å². The van der Waals surface area contributed by atoms with Crippen LogP contribution >= 0.6 is 0 Å². The number of rotatable bonds is 3. The summed E-state index contributed by atoms with van der Waals surface area (Å²) in [5.74, 6) is -0.290. The molecule has 0 saturated carbocycles. The monoisotopic (exact) mass is 400 g/mol. The molecule has 8 heteroatoms. The Balaban J connectivity index is 1.94. The maximum absolute atomic E-state index is 13.0. The van der Waals surface area contributed by atoms with E-state index in [9.17, 15) is 25.2 Å². The van der Waals surface area contributed by atoms with Crippen LogP contribution in [-0.4, -0.2) is 39.2 Å². The van der Waals surface area contributed by atoms with E-state index in [1.165, 1.54) is 19.2 Å². The quantitative estimate of drug-likeness (QED) is 0.528. The van der Waals surface area contributed by atoms with Gasteiger partial charge in [-0.1, -0.05) is 0 Å². The SMILES string of the molecule is COc1cc(-c2coc3cc(O)cc(O)c3c2=O)c(O)c2c1O[C@H](C(C)(C)O)C2. The molecule has 3 aromatic rings. The van der Waals surface area contributed by atoms with Crippen molar-refractivity contribution in [2.75, 3.05) is 7.11 Å². The fraction of sp³-hybridized carbons (Fsp3) is 0.286. The highest BCUT2D eigenvalue weighted by Gasteiger charge is 2.39. The van der Waals surface area contributed by atoms with E-state index >= 15 is 0 Å². The van der Waals surface area contributed by atoms with Crippen molar-refractivity contribution in [2.45, 2.75) is 32.0 Å². The van der Waals surface area contributed by atoms with Gasteiger partial charge in [0.15, 0.2) is 11.5 Å². The molecule has 1 aromatic heterocycles. The molecule has 0 spiro atoms. The van der Waals surface area contributed by atoms with Gasteiger partial charge in [-0.15, -0.1) is 0 Å². The largest absolute Gasteiger partial charge is 0.508 e. The van der Waals surface area contributed by atoms with Crippen LogP contribution in [0.25, 0.3) is 22.1 Å². The highest BCUT2D eigenvalue weighted by atomic mass is 16.5. The molecular weight excluding hydrogens is 380 g/mol. The molecule has 1 atom stereocenters. The number of aliphatic hydroxyl groups is 1. The summed E-state index contributed by atoms with van der Waals surface area (Å²) >= 11 is 0. The molecular formula is C21H20O8. The summed E-state index contributed by atoms with van der Waals surface area (Å²) in [5, 5.41) is 40.7. The van der Waals surface area contributed by atoms with Crippen LogP contribution in [0, 0.1) is 0 Å². The summed E-state index contributed by atoms with van der Waals surface area (Å²) in [4.78, 5) is 13.0. The molecule has 0 fully saturated rings.